The third-order valence-corrected chi connectivity index (χ3v) is 2.22. The molecule has 0 aromatic carbocycles. The van der Waals surface area contributed by atoms with Crippen LogP contribution in [0.1, 0.15) is 26.7 Å². The van der Waals surface area contributed by atoms with Gasteiger partial charge in [0.25, 0.3) is 0 Å². The summed E-state index contributed by atoms with van der Waals surface area (Å²) in [4.78, 5) is 28.3. The predicted molar refractivity (Wildman–Crippen MR) is 57.6 cm³/mol. The molecule has 0 saturated carbocycles. The summed E-state index contributed by atoms with van der Waals surface area (Å²) in [6, 6.07) is 0. The molecule has 0 aromatic rings. The van der Waals surface area contributed by atoms with E-state index in [1.54, 1.807) is 0 Å². The van der Waals surface area contributed by atoms with Gasteiger partial charge in [0.2, 0.25) is 0 Å². The summed E-state index contributed by atoms with van der Waals surface area (Å²) in [5.74, 6) is -0.601. The van der Waals surface area contributed by atoms with Crippen molar-refractivity contribution in [2.24, 2.45) is 0 Å². The van der Waals surface area contributed by atoms with Crippen molar-refractivity contribution in [1.82, 2.24) is 0 Å². The molecular weight excluding hydrogens is 235 g/mol. The van der Waals surface area contributed by atoms with Crippen LogP contribution in [0.3, 0.4) is 0 Å². The van der Waals surface area contributed by atoms with Crippen LogP contribution in [0.25, 0.3) is 0 Å². The molecule has 0 aromatic heterocycles. The van der Waals surface area contributed by atoms with Crippen LogP contribution in [0.5, 0.6) is 0 Å². The first-order valence-electron chi connectivity index (χ1n) is 4.82. The second-order valence-electron chi connectivity index (χ2n) is 3.39. The zero-order valence-corrected chi connectivity index (χ0v) is 10.3. The first-order valence-corrected chi connectivity index (χ1v) is 6.36. The topological polar surface area (TPSA) is 93.1 Å². The molecule has 2 N–H and O–H groups in total. The van der Waals surface area contributed by atoms with E-state index in [0.29, 0.717) is 12.8 Å². The monoisotopic (exact) mass is 252 g/mol. The van der Waals surface area contributed by atoms with E-state index in [9.17, 15) is 9.36 Å². The van der Waals surface area contributed by atoms with Crippen LogP contribution >= 0.6 is 7.82 Å². The Kier molecular flexibility index (Phi) is 6.52. The Morgan fingerprint density at radius 1 is 1.50 bits per heavy atom. The van der Waals surface area contributed by atoms with E-state index in [1.165, 1.54) is 6.92 Å². The number of phosphoric ester groups is 1. The third kappa shape index (κ3) is 7.59. The highest BCUT2D eigenvalue weighted by atomic mass is 31.2. The summed E-state index contributed by atoms with van der Waals surface area (Å²) >= 11 is 0. The van der Waals surface area contributed by atoms with Crippen molar-refractivity contribution < 1.29 is 28.4 Å². The van der Waals surface area contributed by atoms with Crippen molar-refractivity contribution in [3.8, 4) is 0 Å². The molecule has 16 heavy (non-hydrogen) atoms. The lowest BCUT2D eigenvalue weighted by atomic mass is 10.2. The zero-order valence-electron chi connectivity index (χ0n) is 9.38. The highest BCUT2D eigenvalue weighted by Gasteiger charge is 2.22. The second kappa shape index (κ2) is 6.81. The fourth-order valence-electron chi connectivity index (χ4n) is 0.974. The SMILES string of the molecule is C=C(C)C(=O)OCC(CCC)OP(=O)(O)O. The molecule has 0 heterocycles. The van der Waals surface area contributed by atoms with Crippen LogP contribution < -0.4 is 0 Å². The fraction of sp³-hybridized carbons (Fsp3) is 0.667. The number of ether oxygens (including phenoxy) is 1. The van der Waals surface area contributed by atoms with Gasteiger partial charge in [0.15, 0.2) is 0 Å². The minimum Gasteiger partial charge on any atom is -0.460 e. The summed E-state index contributed by atoms with van der Waals surface area (Å²) in [7, 11) is -4.55. The van der Waals surface area contributed by atoms with E-state index in [0.717, 1.165) is 0 Å². The molecule has 0 bridgehead atoms. The Hall–Kier alpha value is -0.680. The average Bonchev–Trinajstić information content (AvgIpc) is 2.11. The lowest BCUT2D eigenvalue weighted by molar-refractivity contribution is -0.141. The Bertz CT molecular complexity index is 294. The van der Waals surface area contributed by atoms with E-state index in [-0.39, 0.29) is 12.2 Å². The van der Waals surface area contributed by atoms with Gasteiger partial charge in [-0.2, -0.15) is 0 Å². The maximum Gasteiger partial charge on any atom is 0.469 e. The van der Waals surface area contributed by atoms with Gasteiger partial charge in [0, 0.05) is 5.57 Å². The number of esters is 1. The highest BCUT2D eigenvalue weighted by molar-refractivity contribution is 7.46. The van der Waals surface area contributed by atoms with E-state index in [4.69, 9.17) is 14.5 Å². The molecular formula is C9H17O6P. The summed E-state index contributed by atoms with van der Waals surface area (Å²) < 4.78 is 19.8. The highest BCUT2D eigenvalue weighted by Crippen LogP contribution is 2.38. The lowest BCUT2D eigenvalue weighted by Gasteiger charge is -2.17. The summed E-state index contributed by atoms with van der Waals surface area (Å²) in [5, 5.41) is 0. The van der Waals surface area contributed by atoms with Crippen molar-refractivity contribution >= 4 is 13.8 Å². The van der Waals surface area contributed by atoms with E-state index in [1.807, 2.05) is 6.92 Å². The van der Waals surface area contributed by atoms with Gasteiger partial charge in [-0.05, 0) is 13.3 Å². The molecule has 0 aliphatic carbocycles. The van der Waals surface area contributed by atoms with E-state index >= 15 is 0 Å². The molecule has 0 saturated heterocycles. The standard InChI is InChI=1S/C9H17O6P/c1-4-5-8(15-16(11,12)13)6-14-9(10)7(2)3/h8H,2,4-6H2,1,3H3,(H2,11,12,13). The van der Waals surface area contributed by atoms with Gasteiger partial charge in [0.05, 0.1) is 0 Å². The van der Waals surface area contributed by atoms with Crippen LogP contribution in [0, 0.1) is 0 Å². The maximum absolute atomic E-state index is 11.0. The van der Waals surface area contributed by atoms with Gasteiger partial charge in [-0.3, -0.25) is 4.52 Å². The Labute approximate surface area is 94.5 Å². The Morgan fingerprint density at radius 2 is 2.06 bits per heavy atom. The van der Waals surface area contributed by atoms with Crippen molar-refractivity contribution in [2.75, 3.05) is 6.61 Å². The average molecular weight is 252 g/mol. The molecule has 1 unspecified atom stereocenters. The number of rotatable bonds is 7. The van der Waals surface area contributed by atoms with Gasteiger partial charge in [-0.1, -0.05) is 19.9 Å². The fourth-order valence-corrected chi connectivity index (χ4v) is 1.53. The molecule has 0 rings (SSSR count). The smallest absolute Gasteiger partial charge is 0.460 e. The Morgan fingerprint density at radius 3 is 2.44 bits per heavy atom. The largest absolute Gasteiger partial charge is 0.469 e. The number of hydrogen-bond acceptors (Lipinski definition) is 4. The first kappa shape index (κ1) is 15.3. The van der Waals surface area contributed by atoms with Gasteiger partial charge in [-0.25, -0.2) is 9.36 Å². The van der Waals surface area contributed by atoms with Crippen molar-refractivity contribution in [1.29, 1.82) is 0 Å². The number of hydrogen-bond donors (Lipinski definition) is 2. The van der Waals surface area contributed by atoms with Crippen LogP contribution in [-0.2, 0) is 18.6 Å². The Balaban J connectivity index is 4.19. The zero-order chi connectivity index (χ0) is 12.8. The molecule has 0 amide bonds. The van der Waals surface area contributed by atoms with Crippen molar-refractivity contribution in [3.63, 3.8) is 0 Å². The number of phosphoric acid groups is 1. The summed E-state index contributed by atoms with van der Waals surface area (Å²) in [5.41, 5.74) is 0.228. The van der Waals surface area contributed by atoms with Crippen molar-refractivity contribution in [2.45, 2.75) is 32.8 Å². The van der Waals surface area contributed by atoms with Crippen LogP contribution in [0.2, 0.25) is 0 Å². The minimum absolute atomic E-state index is 0.190. The molecule has 0 radical (unpaired) electrons. The van der Waals surface area contributed by atoms with Crippen LogP contribution in [-0.4, -0.2) is 28.5 Å². The van der Waals surface area contributed by atoms with Crippen LogP contribution in [0.15, 0.2) is 12.2 Å². The molecule has 0 aliphatic heterocycles. The minimum atomic E-state index is -4.55. The first-order chi connectivity index (χ1) is 7.26. The number of carbonyl (C=O) groups excluding carboxylic acids is 1. The molecule has 0 spiro atoms. The molecule has 6 nitrogen and oxygen atoms in total. The summed E-state index contributed by atoms with van der Waals surface area (Å²) in [6.45, 7) is 6.51. The maximum atomic E-state index is 11.0. The third-order valence-electron chi connectivity index (χ3n) is 1.65. The molecule has 0 fully saturated rings. The second-order valence-corrected chi connectivity index (χ2v) is 4.58. The molecule has 7 heteroatoms. The predicted octanol–water partition coefficient (Wildman–Crippen LogP) is 1.38. The van der Waals surface area contributed by atoms with Crippen molar-refractivity contribution in [3.05, 3.63) is 12.2 Å². The summed E-state index contributed by atoms with van der Waals surface area (Å²) in [6.07, 6.45) is 0.262. The van der Waals surface area contributed by atoms with Gasteiger partial charge >= 0.3 is 13.8 Å². The van der Waals surface area contributed by atoms with E-state index in [2.05, 4.69) is 11.1 Å². The molecule has 1 atom stereocenters. The van der Waals surface area contributed by atoms with Gasteiger partial charge in [0.1, 0.15) is 12.7 Å². The van der Waals surface area contributed by atoms with Gasteiger partial charge < -0.3 is 14.5 Å². The quantitative estimate of drug-likeness (QED) is 0.404. The molecule has 0 aliphatic rings. The van der Waals surface area contributed by atoms with Gasteiger partial charge in [-0.15, -0.1) is 0 Å². The van der Waals surface area contributed by atoms with E-state index < -0.39 is 19.9 Å². The number of carbonyl (C=O) groups is 1. The normalized spacial score (nSPS) is 13.2. The lowest BCUT2D eigenvalue weighted by Crippen LogP contribution is -2.21. The molecule has 94 valence electrons. The van der Waals surface area contributed by atoms with Crippen LogP contribution in [0.4, 0.5) is 0 Å².